The monoisotopic (exact) mass is 268 g/mol. The number of hydrogen-bond acceptors (Lipinski definition) is 2. The van der Waals surface area contributed by atoms with E-state index in [1.807, 2.05) is 30.0 Å². The van der Waals surface area contributed by atoms with Crippen molar-refractivity contribution in [1.29, 1.82) is 0 Å². The topological polar surface area (TPSA) is 17.1 Å². The Kier molecular flexibility index (Phi) is 3.69. The summed E-state index contributed by atoms with van der Waals surface area (Å²) in [6.07, 6.45) is 2.74. The molecule has 0 radical (unpaired) electrons. The second-order valence-electron chi connectivity index (χ2n) is 4.83. The van der Waals surface area contributed by atoms with Gasteiger partial charge in [-0.25, -0.2) is 0 Å². The summed E-state index contributed by atoms with van der Waals surface area (Å²) in [6, 6.07) is 16.6. The number of thioether (sulfide) groups is 1. The van der Waals surface area contributed by atoms with E-state index in [1.54, 1.807) is 0 Å². The van der Waals surface area contributed by atoms with Gasteiger partial charge in [0.15, 0.2) is 5.78 Å². The molecule has 0 saturated heterocycles. The Bertz CT molecular complexity index is 589. The molecule has 1 nitrogen and oxygen atoms in total. The van der Waals surface area contributed by atoms with E-state index < -0.39 is 0 Å². The number of benzene rings is 2. The molecule has 0 heterocycles. The summed E-state index contributed by atoms with van der Waals surface area (Å²) in [5, 5.41) is 0. The number of ketones is 1. The molecule has 0 bridgehead atoms. The molecule has 0 amide bonds. The van der Waals surface area contributed by atoms with Crippen LogP contribution in [0.5, 0.6) is 0 Å². The lowest BCUT2D eigenvalue weighted by molar-refractivity contribution is 0.0972. The van der Waals surface area contributed by atoms with Crippen LogP contribution < -0.4 is 0 Å². The Morgan fingerprint density at radius 2 is 1.79 bits per heavy atom. The lowest BCUT2D eigenvalue weighted by atomic mass is 9.91. The first kappa shape index (κ1) is 12.5. The zero-order chi connectivity index (χ0) is 13.1. The molecular weight excluding hydrogens is 252 g/mol. The van der Waals surface area contributed by atoms with Crippen molar-refractivity contribution in [2.24, 2.45) is 0 Å². The molecule has 0 atom stereocenters. The van der Waals surface area contributed by atoms with Gasteiger partial charge < -0.3 is 0 Å². The van der Waals surface area contributed by atoms with E-state index in [2.05, 4.69) is 30.3 Å². The number of carbonyl (C=O) groups excluding carboxylic acids is 1. The SMILES string of the molecule is O=C1CCCc2c(SCc3ccccc3)cccc21. The first-order valence-corrected chi connectivity index (χ1v) is 7.65. The molecule has 2 aromatic rings. The third kappa shape index (κ3) is 2.74. The van der Waals surface area contributed by atoms with Crippen LogP contribution in [0, 0.1) is 0 Å². The van der Waals surface area contributed by atoms with E-state index in [-0.39, 0.29) is 0 Å². The van der Waals surface area contributed by atoms with Crippen molar-refractivity contribution in [2.75, 3.05) is 0 Å². The molecule has 0 aromatic heterocycles. The number of hydrogen-bond donors (Lipinski definition) is 0. The first-order valence-electron chi connectivity index (χ1n) is 6.66. The van der Waals surface area contributed by atoms with Crippen LogP contribution in [0.4, 0.5) is 0 Å². The van der Waals surface area contributed by atoms with Crippen LogP contribution >= 0.6 is 11.8 Å². The highest BCUT2D eigenvalue weighted by molar-refractivity contribution is 7.98. The molecule has 1 aliphatic carbocycles. The second-order valence-corrected chi connectivity index (χ2v) is 5.85. The van der Waals surface area contributed by atoms with Gasteiger partial charge >= 0.3 is 0 Å². The first-order chi connectivity index (χ1) is 9.34. The van der Waals surface area contributed by atoms with E-state index in [9.17, 15) is 4.79 Å². The zero-order valence-electron chi connectivity index (χ0n) is 10.8. The van der Waals surface area contributed by atoms with Crippen molar-refractivity contribution in [2.45, 2.75) is 29.9 Å². The summed E-state index contributed by atoms with van der Waals surface area (Å²) in [5.41, 5.74) is 3.54. The van der Waals surface area contributed by atoms with Gasteiger partial charge in [-0.1, -0.05) is 42.5 Å². The number of Topliss-reactive ketones (excluding diaryl/α,β-unsaturated/α-hetero) is 1. The number of fused-ring (bicyclic) bond motifs is 1. The Morgan fingerprint density at radius 1 is 0.947 bits per heavy atom. The molecule has 0 spiro atoms. The van der Waals surface area contributed by atoms with E-state index in [1.165, 1.54) is 16.0 Å². The van der Waals surface area contributed by atoms with Crippen LogP contribution in [0.15, 0.2) is 53.4 Å². The average molecular weight is 268 g/mol. The third-order valence-corrected chi connectivity index (χ3v) is 4.67. The summed E-state index contributed by atoms with van der Waals surface area (Å²) >= 11 is 1.84. The van der Waals surface area contributed by atoms with Crippen LogP contribution in [-0.2, 0) is 12.2 Å². The van der Waals surface area contributed by atoms with E-state index in [0.717, 1.165) is 24.2 Å². The van der Waals surface area contributed by atoms with Gasteiger partial charge in [0.05, 0.1) is 0 Å². The standard InChI is InChI=1S/C17H16OS/c18-16-10-4-9-15-14(16)8-5-11-17(15)19-12-13-6-2-1-3-7-13/h1-3,5-8,11H,4,9-10,12H2. The summed E-state index contributed by atoms with van der Waals surface area (Å²) in [4.78, 5) is 13.2. The molecule has 3 rings (SSSR count). The molecule has 2 heteroatoms. The number of carbonyl (C=O) groups is 1. The molecule has 2 aromatic carbocycles. The maximum Gasteiger partial charge on any atom is 0.163 e. The summed E-state index contributed by atoms with van der Waals surface area (Å²) in [6.45, 7) is 0. The minimum atomic E-state index is 0.309. The summed E-state index contributed by atoms with van der Waals surface area (Å²) < 4.78 is 0. The van der Waals surface area contributed by atoms with Crippen LogP contribution in [0.25, 0.3) is 0 Å². The summed E-state index contributed by atoms with van der Waals surface area (Å²) in [5.74, 6) is 1.27. The van der Waals surface area contributed by atoms with Crippen LogP contribution in [-0.4, -0.2) is 5.78 Å². The predicted octanol–water partition coefficient (Wildman–Crippen LogP) is 4.50. The van der Waals surface area contributed by atoms with Crippen molar-refractivity contribution < 1.29 is 4.79 Å². The van der Waals surface area contributed by atoms with Gasteiger partial charge in [0, 0.05) is 22.6 Å². The van der Waals surface area contributed by atoms with Crippen molar-refractivity contribution in [3.05, 3.63) is 65.2 Å². The minimum absolute atomic E-state index is 0.309. The fourth-order valence-electron chi connectivity index (χ4n) is 2.52. The van der Waals surface area contributed by atoms with Gasteiger partial charge in [0.1, 0.15) is 0 Å². The fraction of sp³-hybridized carbons (Fsp3) is 0.235. The molecule has 19 heavy (non-hydrogen) atoms. The van der Waals surface area contributed by atoms with Gasteiger partial charge in [0.2, 0.25) is 0 Å². The molecule has 1 aliphatic rings. The summed E-state index contributed by atoms with van der Waals surface area (Å²) in [7, 11) is 0. The van der Waals surface area contributed by atoms with Gasteiger partial charge in [-0.15, -0.1) is 11.8 Å². The van der Waals surface area contributed by atoms with Gasteiger partial charge in [0.25, 0.3) is 0 Å². The normalized spacial score (nSPS) is 14.2. The molecule has 0 fully saturated rings. The molecule has 0 N–H and O–H groups in total. The number of rotatable bonds is 3. The highest BCUT2D eigenvalue weighted by Crippen LogP contribution is 2.32. The van der Waals surface area contributed by atoms with E-state index in [0.29, 0.717) is 12.2 Å². The lowest BCUT2D eigenvalue weighted by Crippen LogP contribution is -2.11. The van der Waals surface area contributed by atoms with Crippen LogP contribution in [0.3, 0.4) is 0 Å². The molecule has 0 unspecified atom stereocenters. The highest BCUT2D eigenvalue weighted by atomic mass is 32.2. The maximum atomic E-state index is 11.9. The Balaban J connectivity index is 1.82. The second kappa shape index (κ2) is 5.62. The van der Waals surface area contributed by atoms with Crippen LogP contribution in [0.1, 0.15) is 34.3 Å². The average Bonchev–Trinajstić information content (AvgIpc) is 2.47. The quantitative estimate of drug-likeness (QED) is 0.762. The molecule has 0 aliphatic heterocycles. The smallest absolute Gasteiger partial charge is 0.163 e. The predicted molar refractivity (Wildman–Crippen MR) is 79.7 cm³/mol. The Hall–Kier alpha value is -1.54. The van der Waals surface area contributed by atoms with E-state index >= 15 is 0 Å². The van der Waals surface area contributed by atoms with Crippen molar-refractivity contribution >= 4 is 17.5 Å². The highest BCUT2D eigenvalue weighted by Gasteiger charge is 2.19. The van der Waals surface area contributed by atoms with Gasteiger partial charge in [-0.2, -0.15) is 0 Å². The van der Waals surface area contributed by atoms with E-state index in [4.69, 9.17) is 0 Å². The van der Waals surface area contributed by atoms with Gasteiger partial charge in [-0.3, -0.25) is 4.79 Å². The lowest BCUT2D eigenvalue weighted by Gasteiger charge is -2.18. The maximum absolute atomic E-state index is 11.9. The third-order valence-electron chi connectivity index (χ3n) is 3.50. The van der Waals surface area contributed by atoms with Crippen molar-refractivity contribution in [3.8, 4) is 0 Å². The molecule has 96 valence electrons. The largest absolute Gasteiger partial charge is 0.294 e. The Morgan fingerprint density at radius 3 is 2.63 bits per heavy atom. The van der Waals surface area contributed by atoms with Gasteiger partial charge in [-0.05, 0) is 30.0 Å². The zero-order valence-corrected chi connectivity index (χ0v) is 11.6. The minimum Gasteiger partial charge on any atom is -0.294 e. The van der Waals surface area contributed by atoms with Crippen LogP contribution in [0.2, 0.25) is 0 Å². The van der Waals surface area contributed by atoms with Crippen molar-refractivity contribution in [1.82, 2.24) is 0 Å². The molecular formula is C17H16OS. The Labute approximate surface area is 118 Å². The fourth-order valence-corrected chi connectivity index (χ4v) is 3.59. The molecule has 0 saturated carbocycles. The van der Waals surface area contributed by atoms with Crippen molar-refractivity contribution in [3.63, 3.8) is 0 Å².